The van der Waals surface area contributed by atoms with Crippen molar-refractivity contribution in [2.75, 3.05) is 0 Å². The van der Waals surface area contributed by atoms with E-state index in [1.165, 1.54) is 0 Å². The molecule has 1 N–H and O–H groups in total. The number of aromatic nitrogens is 3. The van der Waals surface area contributed by atoms with Crippen LogP contribution in [0.2, 0.25) is 5.02 Å². The highest BCUT2D eigenvalue weighted by Crippen LogP contribution is 2.24. The number of aryl methyl sites for hydroxylation is 1. The summed E-state index contributed by atoms with van der Waals surface area (Å²) in [5.74, 6) is 0.798. The summed E-state index contributed by atoms with van der Waals surface area (Å²) in [4.78, 5) is 12.2. The predicted octanol–water partition coefficient (Wildman–Crippen LogP) is 4.35. The number of fused-ring (bicyclic) bond motifs is 1. The minimum atomic E-state index is 0.714. The summed E-state index contributed by atoms with van der Waals surface area (Å²) in [6.45, 7) is 1.94. The van der Waals surface area contributed by atoms with Gasteiger partial charge < -0.3 is 4.98 Å². The Hall–Kier alpha value is -1.39. The lowest BCUT2D eigenvalue weighted by atomic mass is 10.2. The van der Waals surface area contributed by atoms with Crippen molar-refractivity contribution >= 4 is 38.7 Å². The number of nitrogens with zero attached hydrogens (tertiary/aromatic N) is 2. The van der Waals surface area contributed by atoms with Crippen LogP contribution in [-0.4, -0.2) is 15.0 Å². The zero-order valence-electron chi connectivity index (χ0n) is 9.54. The van der Waals surface area contributed by atoms with Gasteiger partial charge in [0, 0.05) is 15.1 Å². The highest BCUT2D eigenvalue weighted by atomic mass is 79.9. The van der Waals surface area contributed by atoms with E-state index in [9.17, 15) is 0 Å². The van der Waals surface area contributed by atoms with Crippen LogP contribution in [0.15, 0.2) is 34.8 Å². The largest absolute Gasteiger partial charge is 0.337 e. The summed E-state index contributed by atoms with van der Waals surface area (Å²) in [7, 11) is 0. The predicted molar refractivity (Wildman–Crippen MR) is 76.8 cm³/mol. The molecule has 3 rings (SSSR count). The zero-order valence-corrected chi connectivity index (χ0v) is 11.9. The van der Waals surface area contributed by atoms with Gasteiger partial charge in [-0.1, -0.05) is 11.6 Å². The van der Waals surface area contributed by atoms with Gasteiger partial charge >= 0.3 is 0 Å². The second-order valence-electron chi connectivity index (χ2n) is 4.02. The van der Waals surface area contributed by atoms with Crippen LogP contribution in [0, 0.1) is 6.92 Å². The van der Waals surface area contributed by atoms with Gasteiger partial charge in [-0.3, -0.25) is 0 Å². The summed E-state index contributed by atoms with van der Waals surface area (Å²) in [6, 6.07) is 9.55. The molecule has 5 heteroatoms. The minimum absolute atomic E-state index is 0.714. The van der Waals surface area contributed by atoms with Gasteiger partial charge in [-0.05, 0) is 53.2 Å². The molecule has 18 heavy (non-hydrogen) atoms. The SMILES string of the molecule is Cc1nc2nc(-c3ccc(Cl)cc3)[nH]c2cc1Br. The number of hydrogen-bond acceptors (Lipinski definition) is 2. The molecule has 0 saturated carbocycles. The van der Waals surface area contributed by atoms with Crippen molar-refractivity contribution in [1.82, 2.24) is 15.0 Å². The molecule has 0 radical (unpaired) electrons. The third kappa shape index (κ3) is 2.02. The van der Waals surface area contributed by atoms with E-state index in [0.29, 0.717) is 5.02 Å². The van der Waals surface area contributed by atoms with E-state index < -0.39 is 0 Å². The summed E-state index contributed by atoms with van der Waals surface area (Å²) in [5, 5.41) is 0.714. The second-order valence-corrected chi connectivity index (χ2v) is 5.31. The molecule has 0 atom stereocenters. The maximum absolute atomic E-state index is 5.87. The van der Waals surface area contributed by atoms with Crippen molar-refractivity contribution in [3.63, 3.8) is 0 Å². The number of imidazole rings is 1. The summed E-state index contributed by atoms with van der Waals surface area (Å²) >= 11 is 9.33. The molecule has 3 aromatic rings. The van der Waals surface area contributed by atoms with E-state index in [0.717, 1.165) is 32.7 Å². The number of nitrogens with one attached hydrogen (secondary N) is 1. The Morgan fingerprint density at radius 3 is 2.61 bits per heavy atom. The van der Waals surface area contributed by atoms with Crippen LogP contribution in [0.1, 0.15) is 5.69 Å². The Balaban J connectivity index is 2.16. The third-order valence-electron chi connectivity index (χ3n) is 2.72. The Morgan fingerprint density at radius 2 is 1.89 bits per heavy atom. The molecule has 0 amide bonds. The summed E-state index contributed by atoms with van der Waals surface area (Å²) < 4.78 is 0.973. The van der Waals surface area contributed by atoms with Gasteiger partial charge in [0.15, 0.2) is 5.65 Å². The van der Waals surface area contributed by atoms with E-state index in [2.05, 4.69) is 30.9 Å². The summed E-state index contributed by atoms with van der Waals surface area (Å²) in [5.41, 5.74) is 3.56. The van der Waals surface area contributed by atoms with Crippen LogP contribution in [0.4, 0.5) is 0 Å². The van der Waals surface area contributed by atoms with Crippen molar-refractivity contribution in [1.29, 1.82) is 0 Å². The molecule has 0 saturated heterocycles. The number of rotatable bonds is 1. The molecule has 1 aromatic carbocycles. The Labute approximate surface area is 117 Å². The maximum Gasteiger partial charge on any atom is 0.178 e. The molecule has 0 aliphatic heterocycles. The molecular weight excluding hydrogens is 314 g/mol. The lowest BCUT2D eigenvalue weighted by Gasteiger charge is -1.95. The quantitative estimate of drug-likeness (QED) is 0.723. The van der Waals surface area contributed by atoms with Gasteiger partial charge in [0.1, 0.15) is 5.82 Å². The maximum atomic E-state index is 5.87. The highest BCUT2D eigenvalue weighted by molar-refractivity contribution is 9.10. The van der Waals surface area contributed by atoms with Crippen LogP contribution in [-0.2, 0) is 0 Å². The van der Waals surface area contributed by atoms with Crippen molar-refractivity contribution in [3.05, 3.63) is 45.5 Å². The normalized spacial score (nSPS) is 11.1. The Kier molecular flexibility index (Phi) is 2.84. The molecule has 3 nitrogen and oxygen atoms in total. The molecule has 2 aromatic heterocycles. The molecule has 0 aliphatic carbocycles. The molecule has 0 bridgehead atoms. The Morgan fingerprint density at radius 1 is 1.17 bits per heavy atom. The molecular formula is C13H9BrClN3. The molecule has 0 spiro atoms. The van der Waals surface area contributed by atoms with Crippen molar-refractivity contribution in [3.8, 4) is 11.4 Å². The van der Waals surface area contributed by atoms with Crippen LogP contribution < -0.4 is 0 Å². The number of pyridine rings is 1. The number of benzene rings is 1. The van der Waals surface area contributed by atoms with Gasteiger partial charge in [0.05, 0.1) is 11.2 Å². The third-order valence-corrected chi connectivity index (χ3v) is 3.77. The number of aromatic amines is 1. The van der Waals surface area contributed by atoms with E-state index >= 15 is 0 Å². The van der Waals surface area contributed by atoms with E-state index in [4.69, 9.17) is 11.6 Å². The highest BCUT2D eigenvalue weighted by Gasteiger charge is 2.08. The molecule has 0 fully saturated rings. The Bertz CT molecular complexity index is 680. The standard InChI is InChI=1S/C13H9BrClN3/c1-7-10(14)6-11-13(16-7)18-12(17-11)8-2-4-9(15)5-3-8/h2-6H,1H3,(H,16,17,18). The average molecular weight is 323 g/mol. The molecule has 0 unspecified atom stereocenters. The molecule has 0 aliphatic rings. The fourth-order valence-electron chi connectivity index (χ4n) is 1.75. The van der Waals surface area contributed by atoms with Crippen LogP contribution >= 0.6 is 27.5 Å². The average Bonchev–Trinajstić information content (AvgIpc) is 2.73. The second kappa shape index (κ2) is 4.37. The zero-order chi connectivity index (χ0) is 12.7. The van der Waals surface area contributed by atoms with E-state index in [1.807, 2.05) is 37.3 Å². The first kappa shape index (κ1) is 11.7. The van der Waals surface area contributed by atoms with Crippen molar-refractivity contribution in [2.45, 2.75) is 6.92 Å². The lowest BCUT2D eigenvalue weighted by Crippen LogP contribution is -1.83. The first-order chi connectivity index (χ1) is 8.63. The van der Waals surface area contributed by atoms with Crippen LogP contribution in [0.3, 0.4) is 0 Å². The fourth-order valence-corrected chi connectivity index (χ4v) is 2.19. The van der Waals surface area contributed by atoms with Crippen LogP contribution in [0.25, 0.3) is 22.6 Å². The van der Waals surface area contributed by atoms with E-state index in [1.54, 1.807) is 0 Å². The fraction of sp³-hybridized carbons (Fsp3) is 0.0769. The smallest absolute Gasteiger partial charge is 0.178 e. The number of H-pyrrole nitrogens is 1. The van der Waals surface area contributed by atoms with Gasteiger partial charge in [-0.15, -0.1) is 0 Å². The first-order valence-corrected chi connectivity index (χ1v) is 6.59. The van der Waals surface area contributed by atoms with Crippen LogP contribution in [0.5, 0.6) is 0 Å². The monoisotopic (exact) mass is 321 g/mol. The topological polar surface area (TPSA) is 41.6 Å². The number of halogens is 2. The summed E-state index contributed by atoms with van der Waals surface area (Å²) in [6.07, 6.45) is 0. The van der Waals surface area contributed by atoms with Gasteiger partial charge in [0.2, 0.25) is 0 Å². The van der Waals surface area contributed by atoms with Gasteiger partial charge in [0.25, 0.3) is 0 Å². The van der Waals surface area contributed by atoms with Gasteiger partial charge in [-0.25, -0.2) is 9.97 Å². The van der Waals surface area contributed by atoms with Gasteiger partial charge in [-0.2, -0.15) is 0 Å². The molecule has 90 valence electrons. The first-order valence-electron chi connectivity index (χ1n) is 5.42. The van der Waals surface area contributed by atoms with E-state index in [-0.39, 0.29) is 0 Å². The molecule has 2 heterocycles. The van der Waals surface area contributed by atoms with Crippen molar-refractivity contribution < 1.29 is 0 Å². The number of hydrogen-bond donors (Lipinski definition) is 1. The lowest BCUT2D eigenvalue weighted by molar-refractivity contribution is 1.20. The van der Waals surface area contributed by atoms with Crippen molar-refractivity contribution in [2.24, 2.45) is 0 Å². The minimum Gasteiger partial charge on any atom is -0.337 e.